The van der Waals surface area contributed by atoms with Gasteiger partial charge < -0.3 is 0 Å². The van der Waals surface area contributed by atoms with Crippen LogP contribution in [0.1, 0.15) is 18.4 Å². The molecule has 0 heteroatoms. The zero-order valence-corrected chi connectivity index (χ0v) is 9.34. The molecule has 3 rings (SSSR count). The summed E-state index contributed by atoms with van der Waals surface area (Å²) < 4.78 is 0. The van der Waals surface area contributed by atoms with Gasteiger partial charge in [-0.25, -0.2) is 0 Å². The summed E-state index contributed by atoms with van der Waals surface area (Å²) in [5.41, 5.74) is 2.93. The third-order valence-electron chi connectivity index (χ3n) is 3.52. The van der Waals surface area contributed by atoms with Gasteiger partial charge in [-0.05, 0) is 30.2 Å². The molecule has 0 radical (unpaired) electrons. The molecule has 0 N–H and O–H groups in total. The van der Waals surface area contributed by atoms with Crippen LogP contribution < -0.4 is 0 Å². The quantitative estimate of drug-likeness (QED) is 0.648. The van der Waals surface area contributed by atoms with Gasteiger partial charge in [0.15, 0.2) is 0 Å². The standard InChI is InChI=1S/C16H16/c1-2-6-13(7-3-1)10-16-12-14-8-4-5-9-15(16)11-14/h1-10,14-15H,11-12H2/b16-10+. The van der Waals surface area contributed by atoms with Crippen molar-refractivity contribution in [2.24, 2.45) is 11.8 Å². The van der Waals surface area contributed by atoms with E-state index in [2.05, 4.69) is 60.7 Å². The van der Waals surface area contributed by atoms with E-state index in [1.54, 1.807) is 5.57 Å². The summed E-state index contributed by atoms with van der Waals surface area (Å²) in [6, 6.07) is 10.7. The topological polar surface area (TPSA) is 0 Å². The van der Waals surface area contributed by atoms with E-state index in [0.29, 0.717) is 5.92 Å². The predicted molar refractivity (Wildman–Crippen MR) is 68.9 cm³/mol. The van der Waals surface area contributed by atoms with Crippen molar-refractivity contribution in [1.82, 2.24) is 0 Å². The van der Waals surface area contributed by atoms with Crippen molar-refractivity contribution in [1.29, 1.82) is 0 Å². The van der Waals surface area contributed by atoms with Crippen LogP contribution in [0.25, 0.3) is 6.08 Å². The lowest BCUT2D eigenvalue weighted by Crippen LogP contribution is -1.90. The Morgan fingerprint density at radius 2 is 1.81 bits per heavy atom. The second-order valence-corrected chi connectivity index (χ2v) is 4.71. The molecule has 16 heavy (non-hydrogen) atoms. The van der Waals surface area contributed by atoms with Gasteiger partial charge in [-0.1, -0.05) is 66.3 Å². The maximum absolute atomic E-state index is 2.37. The van der Waals surface area contributed by atoms with Crippen LogP contribution in [0.4, 0.5) is 0 Å². The van der Waals surface area contributed by atoms with Crippen LogP contribution in [-0.4, -0.2) is 0 Å². The Morgan fingerprint density at radius 3 is 2.69 bits per heavy atom. The minimum atomic E-state index is 0.667. The van der Waals surface area contributed by atoms with Crippen LogP contribution in [0, 0.1) is 11.8 Å². The van der Waals surface area contributed by atoms with E-state index < -0.39 is 0 Å². The molecule has 2 aliphatic carbocycles. The molecule has 0 heterocycles. The maximum Gasteiger partial charge on any atom is -0.00109 e. The van der Waals surface area contributed by atoms with Gasteiger partial charge >= 0.3 is 0 Å². The summed E-state index contributed by atoms with van der Waals surface area (Å²) in [5, 5.41) is 0. The first-order valence-electron chi connectivity index (χ1n) is 6.02. The van der Waals surface area contributed by atoms with Gasteiger partial charge in [0.05, 0.1) is 0 Å². The first-order chi connectivity index (χ1) is 7.92. The molecule has 1 saturated carbocycles. The molecule has 0 spiro atoms. The number of hydrogen-bond acceptors (Lipinski definition) is 0. The Bertz CT molecular complexity index is 448. The second kappa shape index (κ2) is 4.13. The van der Waals surface area contributed by atoms with Crippen molar-refractivity contribution in [2.45, 2.75) is 12.8 Å². The Hall–Kier alpha value is -1.56. The smallest absolute Gasteiger partial charge is 0.00109 e. The number of hydrogen-bond donors (Lipinski definition) is 0. The normalized spacial score (nSPS) is 29.6. The lowest BCUT2D eigenvalue weighted by Gasteiger charge is -2.06. The molecule has 1 aromatic rings. The van der Waals surface area contributed by atoms with E-state index in [1.807, 2.05) is 0 Å². The third kappa shape index (κ3) is 1.88. The van der Waals surface area contributed by atoms with Gasteiger partial charge in [-0.15, -0.1) is 0 Å². The van der Waals surface area contributed by atoms with E-state index in [0.717, 1.165) is 5.92 Å². The van der Waals surface area contributed by atoms with E-state index >= 15 is 0 Å². The molecule has 0 aromatic heterocycles. The first-order valence-corrected chi connectivity index (χ1v) is 6.02. The number of rotatable bonds is 1. The molecule has 0 aliphatic heterocycles. The molecule has 2 bridgehead atoms. The lowest BCUT2D eigenvalue weighted by atomic mass is 9.99. The Kier molecular flexibility index (Phi) is 2.49. The first kappa shape index (κ1) is 9.65. The average molecular weight is 208 g/mol. The molecule has 80 valence electrons. The average Bonchev–Trinajstić information content (AvgIpc) is 2.53. The molecule has 1 aromatic carbocycles. The van der Waals surface area contributed by atoms with Gasteiger partial charge in [0, 0.05) is 0 Å². The fourth-order valence-corrected chi connectivity index (χ4v) is 2.71. The highest BCUT2D eigenvalue weighted by Gasteiger charge is 2.26. The SMILES string of the molecule is C1=CC2C/C(=C\c3ccccc3)C(C=C1)C2. The van der Waals surface area contributed by atoms with Crippen molar-refractivity contribution in [2.75, 3.05) is 0 Å². The van der Waals surface area contributed by atoms with Crippen molar-refractivity contribution < 1.29 is 0 Å². The minimum absolute atomic E-state index is 0.667. The molecule has 0 saturated heterocycles. The number of benzene rings is 1. The summed E-state index contributed by atoms with van der Waals surface area (Å²) >= 11 is 0. The summed E-state index contributed by atoms with van der Waals surface area (Å²) in [5.74, 6) is 1.43. The van der Waals surface area contributed by atoms with Gasteiger partial charge in [0.25, 0.3) is 0 Å². The second-order valence-electron chi connectivity index (χ2n) is 4.71. The predicted octanol–water partition coefficient (Wildman–Crippen LogP) is 4.22. The summed E-state index contributed by atoms with van der Waals surface area (Å²) in [7, 11) is 0. The van der Waals surface area contributed by atoms with Gasteiger partial charge in [0.2, 0.25) is 0 Å². The molecule has 1 fully saturated rings. The summed E-state index contributed by atoms with van der Waals surface area (Å²) in [4.78, 5) is 0. The minimum Gasteiger partial charge on any atom is -0.0811 e. The van der Waals surface area contributed by atoms with Gasteiger partial charge in [0.1, 0.15) is 0 Å². The van der Waals surface area contributed by atoms with Crippen molar-refractivity contribution in [3.05, 3.63) is 65.8 Å². The highest BCUT2D eigenvalue weighted by molar-refractivity contribution is 5.55. The zero-order chi connectivity index (χ0) is 10.8. The van der Waals surface area contributed by atoms with Crippen LogP contribution in [-0.2, 0) is 0 Å². The number of fused-ring (bicyclic) bond motifs is 2. The summed E-state index contributed by atoms with van der Waals surface area (Å²) in [6.07, 6.45) is 14.0. The molecule has 2 aliphatic rings. The van der Waals surface area contributed by atoms with E-state index in [-0.39, 0.29) is 0 Å². The molecule has 2 unspecified atom stereocenters. The summed E-state index contributed by atoms with van der Waals surface area (Å²) in [6.45, 7) is 0. The van der Waals surface area contributed by atoms with Gasteiger partial charge in [-0.2, -0.15) is 0 Å². The molecule has 0 nitrogen and oxygen atoms in total. The van der Waals surface area contributed by atoms with Crippen LogP contribution in [0.2, 0.25) is 0 Å². The Balaban J connectivity index is 1.89. The molecule has 2 atom stereocenters. The largest absolute Gasteiger partial charge is 0.0811 e. The van der Waals surface area contributed by atoms with Gasteiger partial charge in [-0.3, -0.25) is 0 Å². The monoisotopic (exact) mass is 208 g/mol. The lowest BCUT2D eigenvalue weighted by molar-refractivity contribution is 0.651. The Morgan fingerprint density at radius 1 is 1.00 bits per heavy atom. The van der Waals surface area contributed by atoms with Crippen LogP contribution in [0.15, 0.2) is 60.2 Å². The molecular formula is C16H16. The number of allylic oxidation sites excluding steroid dienone is 5. The Labute approximate surface area is 97.0 Å². The van der Waals surface area contributed by atoms with Crippen molar-refractivity contribution in [3.63, 3.8) is 0 Å². The highest BCUT2D eigenvalue weighted by Crippen LogP contribution is 2.39. The van der Waals surface area contributed by atoms with Crippen molar-refractivity contribution in [3.8, 4) is 0 Å². The highest BCUT2D eigenvalue weighted by atomic mass is 14.3. The molecule has 0 amide bonds. The maximum atomic E-state index is 2.37. The fraction of sp³-hybridized carbons (Fsp3) is 0.250. The van der Waals surface area contributed by atoms with Crippen LogP contribution in [0.3, 0.4) is 0 Å². The van der Waals surface area contributed by atoms with Crippen LogP contribution >= 0.6 is 0 Å². The third-order valence-corrected chi connectivity index (χ3v) is 3.52. The van der Waals surface area contributed by atoms with Crippen molar-refractivity contribution >= 4 is 6.08 Å². The van der Waals surface area contributed by atoms with E-state index in [1.165, 1.54) is 18.4 Å². The van der Waals surface area contributed by atoms with E-state index in [4.69, 9.17) is 0 Å². The fourth-order valence-electron chi connectivity index (χ4n) is 2.71. The van der Waals surface area contributed by atoms with E-state index in [9.17, 15) is 0 Å². The zero-order valence-electron chi connectivity index (χ0n) is 9.34. The molecular weight excluding hydrogens is 192 g/mol. The van der Waals surface area contributed by atoms with Crippen LogP contribution in [0.5, 0.6) is 0 Å².